The van der Waals surface area contributed by atoms with Gasteiger partial charge in [0.05, 0.1) is 5.69 Å². The molecule has 2 aromatic carbocycles. The van der Waals surface area contributed by atoms with Gasteiger partial charge in [-0.3, -0.25) is 9.69 Å². The third-order valence-corrected chi connectivity index (χ3v) is 2.80. The van der Waals surface area contributed by atoms with Crippen molar-refractivity contribution in [2.45, 2.75) is 6.92 Å². The molecule has 0 saturated carbocycles. The van der Waals surface area contributed by atoms with Crippen LogP contribution in [0, 0.1) is 0 Å². The molecule has 0 radical (unpaired) electrons. The van der Waals surface area contributed by atoms with Crippen LogP contribution in [0.2, 0.25) is 0 Å². The zero-order valence-corrected chi connectivity index (χ0v) is 9.74. The second-order valence-corrected chi connectivity index (χ2v) is 3.80. The van der Waals surface area contributed by atoms with Crippen LogP contribution in [0.5, 0.6) is 0 Å². The monoisotopic (exact) mass is 233 g/mol. The van der Waals surface area contributed by atoms with Crippen LogP contribution in [0.15, 0.2) is 42.5 Å². The number of hydrogen-bond acceptors (Lipinski definition) is 1. The molecule has 3 heteroatoms. The molecule has 0 aliphatic carbocycles. The van der Waals surface area contributed by atoms with E-state index in [1.165, 1.54) is 6.92 Å². The number of alkyl halides is 1. The molecule has 2 rings (SSSR count). The molecular weight excluding hydrogens is 222 g/mol. The molecule has 16 heavy (non-hydrogen) atoms. The lowest BCUT2D eigenvalue weighted by molar-refractivity contribution is -0.116. The van der Waals surface area contributed by atoms with E-state index < -0.39 is 0 Å². The van der Waals surface area contributed by atoms with Gasteiger partial charge in [0.25, 0.3) is 0 Å². The van der Waals surface area contributed by atoms with Crippen molar-refractivity contribution >= 4 is 34.0 Å². The predicted molar refractivity (Wildman–Crippen MR) is 67.8 cm³/mol. The van der Waals surface area contributed by atoms with E-state index >= 15 is 0 Å². The Bertz CT molecular complexity index is 519. The zero-order valence-electron chi connectivity index (χ0n) is 8.98. The van der Waals surface area contributed by atoms with Gasteiger partial charge in [0.2, 0.25) is 5.91 Å². The smallest absolute Gasteiger partial charge is 0.224 e. The number of rotatable bonds is 2. The van der Waals surface area contributed by atoms with E-state index in [2.05, 4.69) is 0 Å². The fraction of sp³-hybridized carbons (Fsp3) is 0.154. The number of nitrogens with zero attached hydrogens (tertiary/aromatic N) is 1. The minimum absolute atomic E-state index is 0.0497. The molecule has 0 aromatic heterocycles. The average Bonchev–Trinajstić information content (AvgIpc) is 2.30. The van der Waals surface area contributed by atoms with Crippen LogP contribution in [-0.4, -0.2) is 11.9 Å². The Labute approximate surface area is 99.4 Å². The molecule has 2 nitrogen and oxygen atoms in total. The van der Waals surface area contributed by atoms with Crippen LogP contribution in [0.3, 0.4) is 0 Å². The number of hydrogen-bond donors (Lipinski definition) is 0. The molecule has 0 heterocycles. The van der Waals surface area contributed by atoms with Gasteiger partial charge in [0.15, 0.2) is 0 Å². The topological polar surface area (TPSA) is 20.3 Å². The van der Waals surface area contributed by atoms with Crippen LogP contribution in [0.4, 0.5) is 5.69 Å². The molecule has 0 aliphatic rings. The molecule has 0 saturated heterocycles. The zero-order chi connectivity index (χ0) is 11.5. The van der Waals surface area contributed by atoms with Gasteiger partial charge in [-0.25, -0.2) is 0 Å². The largest absolute Gasteiger partial charge is 0.298 e. The van der Waals surface area contributed by atoms with Crippen LogP contribution in [-0.2, 0) is 4.79 Å². The SMILES string of the molecule is CC(=O)N(CCl)c1cccc2ccccc12. The molecule has 82 valence electrons. The lowest BCUT2D eigenvalue weighted by atomic mass is 10.1. The Kier molecular flexibility index (Phi) is 3.11. The highest BCUT2D eigenvalue weighted by molar-refractivity contribution is 6.22. The normalized spacial score (nSPS) is 10.4. The van der Waals surface area contributed by atoms with E-state index in [1.54, 1.807) is 4.90 Å². The number of anilines is 1. The molecule has 0 aliphatic heterocycles. The quantitative estimate of drug-likeness (QED) is 0.575. The highest BCUT2D eigenvalue weighted by atomic mass is 35.5. The van der Waals surface area contributed by atoms with Crippen molar-refractivity contribution in [1.29, 1.82) is 0 Å². The summed E-state index contributed by atoms with van der Waals surface area (Å²) in [7, 11) is 0. The minimum Gasteiger partial charge on any atom is -0.298 e. The molecule has 2 aromatic rings. The van der Waals surface area contributed by atoms with Crippen molar-refractivity contribution in [1.82, 2.24) is 0 Å². The molecule has 0 bridgehead atoms. The number of amides is 1. The third-order valence-electron chi connectivity index (χ3n) is 2.56. The van der Waals surface area contributed by atoms with Crippen molar-refractivity contribution in [3.63, 3.8) is 0 Å². The minimum atomic E-state index is -0.0497. The maximum Gasteiger partial charge on any atom is 0.224 e. The van der Waals surface area contributed by atoms with Crippen molar-refractivity contribution in [3.05, 3.63) is 42.5 Å². The maximum atomic E-state index is 11.5. The Morgan fingerprint density at radius 2 is 1.88 bits per heavy atom. The summed E-state index contributed by atoms with van der Waals surface area (Å²) in [5.74, 6) is -0.0497. The van der Waals surface area contributed by atoms with E-state index in [-0.39, 0.29) is 11.9 Å². The van der Waals surface area contributed by atoms with Crippen molar-refractivity contribution in [2.75, 3.05) is 10.9 Å². The Hall–Kier alpha value is -1.54. The first-order valence-corrected chi connectivity index (χ1v) is 5.59. The summed E-state index contributed by atoms with van der Waals surface area (Å²) < 4.78 is 0. The molecule has 1 amide bonds. The molecule has 0 unspecified atom stereocenters. The maximum absolute atomic E-state index is 11.5. The summed E-state index contributed by atoms with van der Waals surface area (Å²) in [6, 6.07) is 14.0. The molecule has 0 atom stereocenters. The first-order chi connectivity index (χ1) is 7.74. The predicted octanol–water partition coefficient (Wildman–Crippen LogP) is 3.39. The average molecular weight is 234 g/mol. The lowest BCUT2D eigenvalue weighted by Gasteiger charge is -2.19. The summed E-state index contributed by atoms with van der Waals surface area (Å²) in [6.45, 7) is 1.52. The van der Waals surface area contributed by atoms with Crippen molar-refractivity contribution in [3.8, 4) is 0 Å². The van der Waals surface area contributed by atoms with E-state index in [0.29, 0.717) is 0 Å². The van der Waals surface area contributed by atoms with Gasteiger partial charge in [-0.2, -0.15) is 0 Å². The Balaban J connectivity index is 2.63. The number of carbonyl (C=O) groups excluding carboxylic acids is 1. The number of benzene rings is 2. The van der Waals surface area contributed by atoms with Crippen molar-refractivity contribution in [2.24, 2.45) is 0 Å². The number of halogens is 1. The van der Waals surface area contributed by atoms with E-state index in [9.17, 15) is 4.79 Å². The van der Waals surface area contributed by atoms with E-state index in [1.807, 2.05) is 42.5 Å². The third kappa shape index (κ3) is 1.89. The van der Waals surface area contributed by atoms with Crippen LogP contribution >= 0.6 is 11.6 Å². The van der Waals surface area contributed by atoms with E-state index in [4.69, 9.17) is 11.6 Å². The highest BCUT2D eigenvalue weighted by Crippen LogP contribution is 2.26. The van der Waals surface area contributed by atoms with Crippen LogP contribution in [0.1, 0.15) is 6.92 Å². The van der Waals surface area contributed by atoms with Crippen LogP contribution < -0.4 is 4.90 Å². The van der Waals surface area contributed by atoms with Gasteiger partial charge in [-0.1, -0.05) is 36.4 Å². The number of carbonyl (C=O) groups is 1. The highest BCUT2D eigenvalue weighted by Gasteiger charge is 2.12. The molecular formula is C13H12ClNO. The Morgan fingerprint density at radius 3 is 2.56 bits per heavy atom. The van der Waals surface area contributed by atoms with Crippen molar-refractivity contribution < 1.29 is 4.79 Å². The van der Waals surface area contributed by atoms with Gasteiger partial charge in [0.1, 0.15) is 6.00 Å². The summed E-state index contributed by atoms with van der Waals surface area (Å²) >= 11 is 5.80. The molecule has 0 spiro atoms. The summed E-state index contributed by atoms with van der Waals surface area (Å²) in [6.07, 6.45) is 0. The Morgan fingerprint density at radius 1 is 1.19 bits per heavy atom. The summed E-state index contributed by atoms with van der Waals surface area (Å²) in [5.41, 5.74) is 0.862. The fourth-order valence-corrected chi connectivity index (χ4v) is 2.06. The summed E-state index contributed by atoms with van der Waals surface area (Å²) in [5, 5.41) is 2.15. The first-order valence-electron chi connectivity index (χ1n) is 5.06. The van der Waals surface area contributed by atoms with Crippen LogP contribution in [0.25, 0.3) is 10.8 Å². The second kappa shape index (κ2) is 4.54. The van der Waals surface area contributed by atoms with Gasteiger partial charge >= 0.3 is 0 Å². The molecule has 0 fully saturated rings. The van der Waals surface area contributed by atoms with E-state index in [0.717, 1.165) is 16.5 Å². The van der Waals surface area contributed by atoms with Gasteiger partial charge < -0.3 is 0 Å². The van der Waals surface area contributed by atoms with Gasteiger partial charge in [-0.05, 0) is 11.5 Å². The fourth-order valence-electron chi connectivity index (χ4n) is 1.76. The molecule has 0 N–H and O–H groups in total. The lowest BCUT2D eigenvalue weighted by Crippen LogP contribution is -2.26. The van der Waals surface area contributed by atoms with Gasteiger partial charge in [0, 0.05) is 12.3 Å². The standard InChI is InChI=1S/C13H12ClNO/c1-10(16)15(9-14)13-8-4-6-11-5-2-3-7-12(11)13/h2-8H,9H2,1H3. The summed E-state index contributed by atoms with van der Waals surface area (Å²) in [4.78, 5) is 13.0. The number of fused-ring (bicyclic) bond motifs is 1. The second-order valence-electron chi connectivity index (χ2n) is 3.56. The first kappa shape index (κ1) is 11.0. The van der Waals surface area contributed by atoms with Gasteiger partial charge in [-0.15, -0.1) is 11.6 Å².